The molecule has 1 spiro atoms. The van der Waals surface area contributed by atoms with Gasteiger partial charge >= 0.3 is 0 Å². The quantitative estimate of drug-likeness (QED) is 0.669. The number of likely N-dealkylation sites (tertiary alicyclic amines) is 1. The van der Waals surface area contributed by atoms with Crippen LogP contribution in [-0.2, 0) is 4.74 Å². The Morgan fingerprint density at radius 3 is 2.41 bits per heavy atom. The Hall–Kier alpha value is -1.56. The van der Waals surface area contributed by atoms with E-state index in [1.165, 1.54) is 0 Å². The Morgan fingerprint density at radius 2 is 1.86 bits per heavy atom. The molecule has 1 N–H and O–H groups in total. The van der Waals surface area contributed by atoms with Crippen molar-refractivity contribution < 1.29 is 19.3 Å². The molecule has 4 rings (SSSR count). The molecule has 0 saturated carbocycles. The fourth-order valence-electron chi connectivity index (χ4n) is 3.55. The lowest BCUT2D eigenvalue weighted by Gasteiger charge is -2.24. The lowest BCUT2D eigenvalue weighted by atomic mass is 9.89. The molecule has 3 atom stereocenters. The molecular formula is C17H23NO4. The first kappa shape index (κ1) is 15.3. The minimum atomic E-state index is -0.863. The molecule has 1 aromatic rings. The number of benzene rings is 1. The number of hydrogen-bond donors (Lipinski definition) is 1. The SMILES string of the molecule is CN1CCC2C=CCC3(O)O[C@]213.COc1ccccc1OC. The zero-order valence-corrected chi connectivity index (χ0v) is 13.3. The van der Waals surface area contributed by atoms with Crippen LogP contribution in [0.2, 0.25) is 0 Å². The van der Waals surface area contributed by atoms with Crippen molar-refractivity contribution in [3.63, 3.8) is 0 Å². The molecule has 2 heterocycles. The normalized spacial score (nSPS) is 35.0. The van der Waals surface area contributed by atoms with Gasteiger partial charge in [-0.25, -0.2) is 0 Å². The molecule has 3 aliphatic rings. The van der Waals surface area contributed by atoms with Crippen LogP contribution in [0.4, 0.5) is 0 Å². The lowest BCUT2D eigenvalue weighted by molar-refractivity contribution is 0.0367. The molecule has 22 heavy (non-hydrogen) atoms. The van der Waals surface area contributed by atoms with Crippen molar-refractivity contribution in [2.24, 2.45) is 5.92 Å². The van der Waals surface area contributed by atoms with E-state index in [9.17, 15) is 5.11 Å². The molecule has 1 aromatic carbocycles. The first-order valence-electron chi connectivity index (χ1n) is 7.55. The van der Waals surface area contributed by atoms with Crippen LogP contribution in [0.25, 0.3) is 0 Å². The number of nitrogens with zero attached hydrogens (tertiary/aromatic N) is 1. The van der Waals surface area contributed by atoms with Crippen LogP contribution >= 0.6 is 0 Å². The van der Waals surface area contributed by atoms with Crippen LogP contribution in [0.1, 0.15) is 12.8 Å². The Kier molecular flexibility index (Phi) is 3.89. The molecule has 1 aliphatic carbocycles. The van der Waals surface area contributed by atoms with Crippen LogP contribution < -0.4 is 9.47 Å². The van der Waals surface area contributed by atoms with E-state index in [2.05, 4.69) is 11.0 Å². The average molecular weight is 305 g/mol. The highest BCUT2D eigenvalue weighted by Crippen LogP contribution is 2.61. The summed E-state index contributed by atoms with van der Waals surface area (Å²) in [5.41, 5.74) is -0.345. The van der Waals surface area contributed by atoms with Gasteiger partial charge in [-0.2, -0.15) is 0 Å². The minimum Gasteiger partial charge on any atom is -0.493 e. The topological polar surface area (TPSA) is 54.5 Å². The third-order valence-corrected chi connectivity index (χ3v) is 4.74. The van der Waals surface area contributed by atoms with Gasteiger partial charge in [0.1, 0.15) is 0 Å². The second-order valence-corrected chi connectivity index (χ2v) is 5.89. The summed E-state index contributed by atoms with van der Waals surface area (Å²) in [6.45, 7) is 1.03. The first-order chi connectivity index (χ1) is 10.6. The lowest BCUT2D eigenvalue weighted by Crippen LogP contribution is -2.41. The summed E-state index contributed by atoms with van der Waals surface area (Å²) < 4.78 is 15.5. The summed E-state index contributed by atoms with van der Waals surface area (Å²) in [6, 6.07) is 7.53. The van der Waals surface area contributed by atoms with Gasteiger partial charge in [0.25, 0.3) is 0 Å². The standard InChI is InChI=1S/C9H13NO2.C8H10O2/c1-10-6-4-7-3-2-5-8(11)9(7,10)12-8;1-9-7-5-3-4-6-8(7)10-2/h2-3,7,11H,4-6H2,1H3;3-6H,1-2H3/t7?,8?,9-;/m0./s1. The third-order valence-electron chi connectivity index (χ3n) is 4.74. The summed E-state index contributed by atoms with van der Waals surface area (Å²) in [5, 5.41) is 9.96. The van der Waals surface area contributed by atoms with Crippen molar-refractivity contribution >= 4 is 0 Å². The molecule has 0 amide bonds. The van der Waals surface area contributed by atoms with Gasteiger partial charge in [0.15, 0.2) is 17.2 Å². The van der Waals surface area contributed by atoms with Crippen molar-refractivity contribution in [3.05, 3.63) is 36.4 Å². The molecule has 2 fully saturated rings. The highest BCUT2D eigenvalue weighted by atomic mass is 16.8. The zero-order chi connectivity index (χ0) is 15.8. The molecule has 5 heteroatoms. The Morgan fingerprint density at radius 1 is 1.23 bits per heavy atom. The molecule has 0 radical (unpaired) electrons. The highest BCUT2D eigenvalue weighted by molar-refractivity contribution is 5.39. The monoisotopic (exact) mass is 305 g/mol. The van der Waals surface area contributed by atoms with Gasteiger partial charge in [0.05, 0.1) is 14.2 Å². The van der Waals surface area contributed by atoms with E-state index < -0.39 is 5.79 Å². The van der Waals surface area contributed by atoms with Crippen molar-refractivity contribution in [1.29, 1.82) is 0 Å². The number of ether oxygens (including phenoxy) is 3. The largest absolute Gasteiger partial charge is 0.493 e. The van der Waals surface area contributed by atoms with Crippen molar-refractivity contribution in [2.45, 2.75) is 24.4 Å². The number of methoxy groups -OCH3 is 2. The number of aliphatic hydroxyl groups is 1. The fourth-order valence-corrected chi connectivity index (χ4v) is 3.55. The van der Waals surface area contributed by atoms with Crippen molar-refractivity contribution in [3.8, 4) is 11.5 Å². The molecule has 0 bridgehead atoms. The van der Waals surface area contributed by atoms with E-state index in [4.69, 9.17) is 14.2 Å². The smallest absolute Gasteiger partial charge is 0.215 e. The van der Waals surface area contributed by atoms with Crippen LogP contribution in [0, 0.1) is 5.92 Å². The summed E-state index contributed by atoms with van der Waals surface area (Å²) in [5.74, 6) is 1.08. The van der Waals surface area contributed by atoms with Gasteiger partial charge in [-0.05, 0) is 25.6 Å². The second kappa shape index (κ2) is 5.57. The van der Waals surface area contributed by atoms with Crippen LogP contribution in [0.15, 0.2) is 36.4 Å². The predicted molar refractivity (Wildman–Crippen MR) is 82.8 cm³/mol. The van der Waals surface area contributed by atoms with Gasteiger partial charge < -0.3 is 19.3 Å². The molecular weight excluding hydrogens is 282 g/mol. The van der Waals surface area contributed by atoms with Gasteiger partial charge in [-0.15, -0.1) is 0 Å². The van der Waals surface area contributed by atoms with Crippen molar-refractivity contribution in [2.75, 3.05) is 27.8 Å². The average Bonchev–Trinajstić information content (AvgIpc) is 3.09. The maximum absolute atomic E-state index is 9.96. The van der Waals surface area contributed by atoms with E-state index in [1.54, 1.807) is 14.2 Å². The van der Waals surface area contributed by atoms with Crippen molar-refractivity contribution in [1.82, 2.24) is 4.90 Å². The Bertz CT molecular complexity index is 553. The summed E-state index contributed by atoms with van der Waals surface area (Å²) in [7, 11) is 5.27. The summed E-state index contributed by atoms with van der Waals surface area (Å²) in [6.07, 6.45) is 5.98. The maximum atomic E-state index is 9.96. The second-order valence-electron chi connectivity index (χ2n) is 5.89. The van der Waals surface area contributed by atoms with E-state index in [-0.39, 0.29) is 5.72 Å². The molecule has 0 aromatic heterocycles. The zero-order valence-electron chi connectivity index (χ0n) is 13.3. The summed E-state index contributed by atoms with van der Waals surface area (Å²) in [4.78, 5) is 2.14. The van der Waals surface area contributed by atoms with Gasteiger partial charge in [-0.3, -0.25) is 4.90 Å². The Labute approximate surface area is 131 Å². The number of epoxide rings is 1. The van der Waals surface area contributed by atoms with E-state index in [1.807, 2.05) is 37.4 Å². The molecule has 2 aliphatic heterocycles. The molecule has 2 saturated heterocycles. The highest BCUT2D eigenvalue weighted by Gasteiger charge is 2.77. The van der Waals surface area contributed by atoms with Gasteiger partial charge in [0.2, 0.25) is 5.79 Å². The van der Waals surface area contributed by atoms with Crippen LogP contribution in [0.5, 0.6) is 11.5 Å². The first-order valence-corrected chi connectivity index (χ1v) is 7.55. The van der Waals surface area contributed by atoms with E-state index >= 15 is 0 Å². The number of rotatable bonds is 2. The minimum absolute atomic E-state index is 0.345. The third kappa shape index (κ3) is 2.20. The van der Waals surface area contributed by atoms with E-state index in [0.29, 0.717) is 12.3 Å². The molecule has 5 nitrogen and oxygen atoms in total. The van der Waals surface area contributed by atoms with Crippen LogP contribution in [0.3, 0.4) is 0 Å². The molecule has 120 valence electrons. The number of likely N-dealkylation sites (N-methyl/N-ethyl adjacent to an activating group) is 1. The fraction of sp³-hybridized carbons (Fsp3) is 0.529. The van der Waals surface area contributed by atoms with Gasteiger partial charge in [0, 0.05) is 18.9 Å². The number of para-hydroxylation sites is 2. The van der Waals surface area contributed by atoms with Gasteiger partial charge in [-0.1, -0.05) is 24.3 Å². The predicted octanol–water partition coefficient (Wildman–Crippen LogP) is 2.02. The molecule has 2 unspecified atom stereocenters. The van der Waals surface area contributed by atoms with Crippen LogP contribution in [-0.4, -0.2) is 49.3 Å². The Balaban J connectivity index is 0.000000134. The maximum Gasteiger partial charge on any atom is 0.215 e. The van der Waals surface area contributed by atoms with E-state index in [0.717, 1.165) is 24.5 Å². The summed E-state index contributed by atoms with van der Waals surface area (Å²) >= 11 is 0. The number of hydrogen-bond acceptors (Lipinski definition) is 5.